The van der Waals surface area contributed by atoms with Crippen molar-refractivity contribution in [1.82, 2.24) is 0 Å². The topological polar surface area (TPSA) is 64.5 Å². The van der Waals surface area contributed by atoms with Gasteiger partial charge in [-0.2, -0.15) is 0 Å². The van der Waals surface area contributed by atoms with Crippen LogP contribution in [0.25, 0.3) is 9.69 Å². The van der Waals surface area contributed by atoms with Gasteiger partial charge in [0, 0.05) is 6.92 Å². The third-order valence-electron chi connectivity index (χ3n) is 4.91. The smallest absolute Gasteiger partial charge is 0.394 e. The standard InChI is InChI=1S/C22H25N2O4/c1-6-24-15(2)22(23-4,14-17-7-10-19(27-5)11-8-17)20-13-18(26)9-12-21(20)28-16(3)25/h7-12,18,20-21,26H,2,13-14H2,1,3,5H3/q+1. The Bertz CT molecular complexity index is 857. The van der Waals surface area contributed by atoms with E-state index in [0.29, 0.717) is 17.9 Å². The first-order valence-electron chi connectivity index (χ1n) is 8.98. The number of carbonyl (C=O) groups excluding carboxylic acids is 1. The van der Waals surface area contributed by atoms with Crippen LogP contribution in [0.15, 0.2) is 48.7 Å². The van der Waals surface area contributed by atoms with Gasteiger partial charge in [0.2, 0.25) is 0 Å². The van der Waals surface area contributed by atoms with E-state index in [2.05, 4.69) is 22.3 Å². The van der Waals surface area contributed by atoms with Crippen LogP contribution in [0.3, 0.4) is 0 Å². The number of rotatable bonds is 6. The molecule has 6 nitrogen and oxygen atoms in total. The minimum absolute atomic E-state index is 0.255. The van der Waals surface area contributed by atoms with Gasteiger partial charge in [-0.3, -0.25) is 9.64 Å². The molecule has 1 aliphatic carbocycles. The molecule has 0 fully saturated rings. The van der Waals surface area contributed by atoms with Gasteiger partial charge in [0.05, 0.1) is 32.5 Å². The normalized spacial score (nSPS) is 22.8. The summed E-state index contributed by atoms with van der Waals surface area (Å²) in [5.41, 5.74) is 0.00374. The van der Waals surface area contributed by atoms with Crippen LogP contribution in [0.5, 0.6) is 5.75 Å². The second kappa shape index (κ2) is 9.21. The van der Waals surface area contributed by atoms with Crippen LogP contribution in [0.4, 0.5) is 0 Å². The molecule has 2 rings (SSSR count). The lowest BCUT2D eigenvalue weighted by atomic mass is 9.70. The van der Waals surface area contributed by atoms with E-state index in [1.54, 1.807) is 26.2 Å². The number of carbonyl (C=O) groups is 1. The van der Waals surface area contributed by atoms with E-state index in [0.717, 1.165) is 5.56 Å². The summed E-state index contributed by atoms with van der Waals surface area (Å²) in [6.07, 6.45) is 2.39. The Kier molecular flexibility index (Phi) is 6.98. The largest absolute Gasteiger partial charge is 0.497 e. The van der Waals surface area contributed by atoms with E-state index < -0.39 is 29.6 Å². The van der Waals surface area contributed by atoms with E-state index in [-0.39, 0.29) is 6.42 Å². The van der Waals surface area contributed by atoms with E-state index in [1.807, 2.05) is 24.3 Å². The highest BCUT2D eigenvalue weighted by Gasteiger charge is 2.59. The Balaban J connectivity index is 2.53. The third kappa shape index (κ3) is 4.60. The zero-order valence-electron chi connectivity index (χ0n) is 16.4. The number of aliphatic hydroxyl groups is 1. The van der Waals surface area contributed by atoms with Gasteiger partial charge in [0.15, 0.2) is 0 Å². The van der Waals surface area contributed by atoms with Crippen molar-refractivity contribution in [2.45, 2.75) is 44.4 Å². The fraction of sp³-hybridized carbons (Fsp3) is 0.409. The van der Waals surface area contributed by atoms with E-state index in [4.69, 9.17) is 16.0 Å². The van der Waals surface area contributed by atoms with Crippen LogP contribution >= 0.6 is 0 Å². The van der Waals surface area contributed by atoms with Crippen molar-refractivity contribution in [1.29, 1.82) is 0 Å². The summed E-state index contributed by atoms with van der Waals surface area (Å²) in [5, 5.41) is 10.2. The first-order valence-corrected chi connectivity index (χ1v) is 8.98. The maximum Gasteiger partial charge on any atom is 0.394 e. The fourth-order valence-electron chi connectivity index (χ4n) is 3.54. The maximum atomic E-state index is 11.6. The lowest BCUT2D eigenvalue weighted by Gasteiger charge is -2.34. The molecular weight excluding hydrogens is 356 g/mol. The molecule has 0 radical (unpaired) electrons. The molecule has 28 heavy (non-hydrogen) atoms. The van der Waals surface area contributed by atoms with Crippen LogP contribution in [-0.4, -0.2) is 35.9 Å². The number of benzene rings is 1. The number of aliphatic hydroxyl groups excluding tert-OH is 1. The van der Waals surface area contributed by atoms with Crippen molar-refractivity contribution < 1.29 is 19.4 Å². The van der Waals surface area contributed by atoms with Crippen LogP contribution in [0, 0.1) is 18.6 Å². The molecule has 1 N–H and O–H groups in total. The Morgan fingerprint density at radius 3 is 2.61 bits per heavy atom. The van der Waals surface area contributed by atoms with Gasteiger partial charge < -0.3 is 14.6 Å². The molecule has 1 aromatic rings. The Labute approximate surface area is 165 Å². The fourth-order valence-corrected chi connectivity index (χ4v) is 3.54. The molecule has 1 aromatic carbocycles. The SMILES string of the molecule is [C-]#[N+]C(Cc1ccc(OC)cc1)(C(=C)[N+]#CC)C1CC(O)C=CC1OC(C)=O. The van der Waals surface area contributed by atoms with Crippen molar-refractivity contribution >= 4 is 5.97 Å². The van der Waals surface area contributed by atoms with Crippen LogP contribution in [-0.2, 0) is 16.0 Å². The average Bonchev–Trinajstić information content (AvgIpc) is 2.68. The van der Waals surface area contributed by atoms with Crippen molar-refractivity contribution in [3.63, 3.8) is 0 Å². The molecule has 0 aromatic heterocycles. The van der Waals surface area contributed by atoms with Crippen LogP contribution < -0.4 is 4.74 Å². The summed E-state index contributed by atoms with van der Waals surface area (Å²) >= 11 is 0. The first kappa shape index (κ1) is 21.2. The van der Waals surface area contributed by atoms with Gasteiger partial charge in [0.25, 0.3) is 6.07 Å². The highest BCUT2D eigenvalue weighted by atomic mass is 16.5. The molecule has 0 saturated heterocycles. The summed E-state index contributed by atoms with van der Waals surface area (Å²) in [7, 11) is 1.59. The molecule has 146 valence electrons. The number of ether oxygens (including phenoxy) is 2. The highest BCUT2D eigenvalue weighted by molar-refractivity contribution is 5.66. The minimum atomic E-state index is -1.20. The predicted octanol–water partition coefficient (Wildman–Crippen LogP) is 3.63. The Morgan fingerprint density at radius 1 is 1.39 bits per heavy atom. The zero-order chi connectivity index (χ0) is 20.7. The van der Waals surface area contributed by atoms with Crippen molar-refractivity contribution in [3.8, 4) is 11.8 Å². The summed E-state index contributed by atoms with van der Waals surface area (Å²) in [4.78, 5) is 19.7. The van der Waals surface area contributed by atoms with Gasteiger partial charge >= 0.3 is 17.2 Å². The summed E-state index contributed by atoms with van der Waals surface area (Å²) in [6, 6.07) is 10.1. The van der Waals surface area contributed by atoms with E-state index in [1.165, 1.54) is 6.92 Å². The molecule has 0 aliphatic heterocycles. The number of hydrogen-bond acceptors (Lipinski definition) is 4. The minimum Gasteiger partial charge on any atom is -0.497 e. The molecule has 0 spiro atoms. The third-order valence-corrected chi connectivity index (χ3v) is 4.91. The van der Waals surface area contributed by atoms with E-state index in [9.17, 15) is 9.90 Å². The predicted molar refractivity (Wildman–Crippen MR) is 107 cm³/mol. The summed E-state index contributed by atoms with van der Waals surface area (Å²) < 4.78 is 10.7. The molecule has 4 unspecified atom stereocenters. The number of esters is 1. The lowest BCUT2D eigenvalue weighted by Crippen LogP contribution is -2.48. The summed E-state index contributed by atoms with van der Waals surface area (Å²) in [6.45, 7) is 15.0. The second-order valence-electron chi connectivity index (χ2n) is 6.71. The highest BCUT2D eigenvalue weighted by Crippen LogP contribution is 2.42. The van der Waals surface area contributed by atoms with Gasteiger partial charge in [0.1, 0.15) is 11.9 Å². The van der Waals surface area contributed by atoms with Crippen molar-refractivity contribution in [3.05, 3.63) is 70.5 Å². The monoisotopic (exact) mass is 381 g/mol. The van der Waals surface area contributed by atoms with Gasteiger partial charge in [-0.1, -0.05) is 18.2 Å². The van der Waals surface area contributed by atoms with Crippen LogP contribution in [0.1, 0.15) is 25.8 Å². The number of methoxy groups -OCH3 is 1. The molecule has 0 amide bonds. The molecule has 1 aliphatic rings. The van der Waals surface area contributed by atoms with Gasteiger partial charge in [-0.15, -0.1) is 0 Å². The van der Waals surface area contributed by atoms with Crippen molar-refractivity contribution in [2.24, 2.45) is 5.92 Å². The molecule has 6 heteroatoms. The second-order valence-corrected chi connectivity index (χ2v) is 6.71. The Hall–Kier alpha value is -3.09. The number of nitrogens with zero attached hydrogens (tertiary/aromatic N) is 2. The molecule has 0 heterocycles. The molecular formula is C22H25N2O4+. The molecule has 4 atom stereocenters. The average molecular weight is 381 g/mol. The summed E-state index contributed by atoms with van der Waals surface area (Å²) in [5.74, 6) is -0.249. The molecule has 0 saturated carbocycles. The van der Waals surface area contributed by atoms with Gasteiger partial charge in [-0.05, 0) is 41.6 Å². The zero-order valence-corrected chi connectivity index (χ0v) is 16.4. The first-order chi connectivity index (χ1) is 13.4. The maximum absolute atomic E-state index is 11.6. The van der Waals surface area contributed by atoms with Crippen LogP contribution in [0.2, 0.25) is 0 Å². The Morgan fingerprint density at radius 2 is 2.07 bits per heavy atom. The van der Waals surface area contributed by atoms with E-state index >= 15 is 0 Å². The lowest BCUT2D eigenvalue weighted by molar-refractivity contribution is -0.148. The molecule has 0 bridgehead atoms. The number of hydrogen-bond donors (Lipinski definition) is 1. The quantitative estimate of drug-likeness (QED) is 0.464. The van der Waals surface area contributed by atoms with Crippen molar-refractivity contribution in [2.75, 3.05) is 7.11 Å². The van der Waals surface area contributed by atoms with Gasteiger partial charge in [-0.25, -0.2) is 6.57 Å².